The number of para-hydroxylation sites is 3. The van der Waals surface area contributed by atoms with E-state index in [9.17, 15) is 9.59 Å². The van der Waals surface area contributed by atoms with E-state index in [2.05, 4.69) is 0 Å². The molecule has 1 aromatic heterocycles. The number of fused-ring (bicyclic) bond motifs is 2. The molecule has 0 radical (unpaired) electrons. The Bertz CT molecular complexity index is 954. The molecule has 2 aromatic carbocycles. The van der Waals surface area contributed by atoms with Crippen molar-refractivity contribution in [2.75, 3.05) is 4.90 Å². The van der Waals surface area contributed by atoms with E-state index in [0.29, 0.717) is 11.1 Å². The Morgan fingerprint density at radius 2 is 1.91 bits per heavy atom. The molecule has 2 heterocycles. The first kappa shape index (κ1) is 13.8. The molecule has 5 nitrogen and oxygen atoms in total. The normalized spacial score (nSPS) is 16.7. The molecule has 4 rings (SSSR count). The lowest BCUT2D eigenvalue weighted by molar-refractivity contribution is -0.119. The number of carbonyl (C=O) groups is 1. The minimum atomic E-state index is -0.500. The van der Waals surface area contributed by atoms with Crippen LogP contribution in [-0.4, -0.2) is 16.5 Å². The molecular weight excluding hydrogens is 292 g/mol. The van der Waals surface area contributed by atoms with Crippen LogP contribution in [0.15, 0.2) is 57.7 Å². The first-order valence-corrected chi connectivity index (χ1v) is 7.63. The smallest absolute Gasteiger partial charge is 0.408 e. The van der Waals surface area contributed by atoms with Crippen LogP contribution in [0, 0.1) is 0 Å². The van der Waals surface area contributed by atoms with Gasteiger partial charge in [-0.2, -0.15) is 0 Å². The van der Waals surface area contributed by atoms with Gasteiger partial charge in [0, 0.05) is 11.7 Å². The molecule has 23 heavy (non-hydrogen) atoms. The second-order valence-corrected chi connectivity index (χ2v) is 5.87. The fourth-order valence-corrected chi connectivity index (χ4v) is 3.32. The summed E-state index contributed by atoms with van der Waals surface area (Å²) in [4.78, 5) is 26.6. The molecule has 1 unspecified atom stereocenters. The zero-order chi connectivity index (χ0) is 16.0. The number of carbonyl (C=O) groups excluding carboxylic acids is 1. The first-order chi connectivity index (χ1) is 11.1. The highest BCUT2D eigenvalue weighted by molar-refractivity contribution is 5.96. The molecule has 1 atom stereocenters. The van der Waals surface area contributed by atoms with E-state index >= 15 is 0 Å². The monoisotopic (exact) mass is 308 g/mol. The standard InChI is InChI=1S/C18H16N2O3/c1-12-10-13-6-2-3-7-14(13)20(12)17(21)11-19-15-8-4-5-9-16(15)23-18(19)22/h2-9,12H,10-11H2,1H3. The second kappa shape index (κ2) is 5.12. The molecule has 3 aromatic rings. The van der Waals surface area contributed by atoms with Crippen molar-refractivity contribution in [3.8, 4) is 0 Å². The SMILES string of the molecule is CC1Cc2ccccc2N1C(=O)Cn1c(=O)oc2ccccc21. The van der Waals surface area contributed by atoms with Crippen LogP contribution in [0.2, 0.25) is 0 Å². The van der Waals surface area contributed by atoms with Gasteiger partial charge in [-0.3, -0.25) is 9.36 Å². The lowest BCUT2D eigenvalue weighted by Crippen LogP contribution is -2.39. The quantitative estimate of drug-likeness (QED) is 0.731. The van der Waals surface area contributed by atoms with Crippen molar-refractivity contribution >= 4 is 22.7 Å². The van der Waals surface area contributed by atoms with Crippen molar-refractivity contribution in [1.29, 1.82) is 0 Å². The molecule has 0 spiro atoms. The molecule has 1 aliphatic rings. The molecule has 1 amide bonds. The van der Waals surface area contributed by atoms with E-state index in [0.717, 1.165) is 17.7 Å². The van der Waals surface area contributed by atoms with Gasteiger partial charge in [0.2, 0.25) is 5.91 Å². The highest BCUT2D eigenvalue weighted by Crippen LogP contribution is 2.32. The number of hydrogen-bond donors (Lipinski definition) is 0. The molecule has 0 saturated heterocycles. The van der Waals surface area contributed by atoms with Gasteiger partial charge in [0.05, 0.1) is 5.52 Å². The van der Waals surface area contributed by atoms with Gasteiger partial charge in [-0.15, -0.1) is 0 Å². The highest BCUT2D eigenvalue weighted by Gasteiger charge is 2.31. The minimum Gasteiger partial charge on any atom is -0.408 e. The molecule has 0 fully saturated rings. The molecule has 1 aliphatic heterocycles. The van der Waals surface area contributed by atoms with Crippen LogP contribution >= 0.6 is 0 Å². The zero-order valence-corrected chi connectivity index (χ0v) is 12.7. The maximum Gasteiger partial charge on any atom is 0.420 e. The lowest BCUT2D eigenvalue weighted by Gasteiger charge is -2.22. The minimum absolute atomic E-state index is 0.0193. The van der Waals surface area contributed by atoms with Gasteiger partial charge in [-0.1, -0.05) is 30.3 Å². The summed E-state index contributed by atoms with van der Waals surface area (Å²) in [6.45, 7) is 2.00. The van der Waals surface area contributed by atoms with Crippen LogP contribution in [0.3, 0.4) is 0 Å². The maximum absolute atomic E-state index is 12.8. The van der Waals surface area contributed by atoms with Crippen molar-refractivity contribution < 1.29 is 9.21 Å². The molecule has 116 valence electrons. The van der Waals surface area contributed by atoms with Gasteiger partial charge < -0.3 is 9.32 Å². The third-order valence-electron chi connectivity index (χ3n) is 4.34. The van der Waals surface area contributed by atoms with Crippen LogP contribution in [0.5, 0.6) is 0 Å². The second-order valence-electron chi connectivity index (χ2n) is 5.87. The largest absolute Gasteiger partial charge is 0.420 e. The predicted molar refractivity (Wildman–Crippen MR) is 87.6 cm³/mol. The number of aromatic nitrogens is 1. The molecule has 0 aliphatic carbocycles. The summed E-state index contributed by atoms with van der Waals surface area (Å²) in [5, 5.41) is 0. The van der Waals surface area contributed by atoms with Crippen molar-refractivity contribution in [3.63, 3.8) is 0 Å². The van der Waals surface area contributed by atoms with Gasteiger partial charge in [0.25, 0.3) is 0 Å². The first-order valence-electron chi connectivity index (χ1n) is 7.63. The number of hydrogen-bond acceptors (Lipinski definition) is 3. The molecule has 0 saturated carbocycles. The van der Waals surface area contributed by atoms with Crippen LogP contribution in [0.4, 0.5) is 5.69 Å². The van der Waals surface area contributed by atoms with Crippen LogP contribution in [-0.2, 0) is 17.8 Å². The summed E-state index contributed by atoms with van der Waals surface area (Å²) in [7, 11) is 0. The number of anilines is 1. The van der Waals surface area contributed by atoms with E-state index in [1.165, 1.54) is 4.57 Å². The summed E-state index contributed by atoms with van der Waals surface area (Å²) in [5.41, 5.74) is 3.25. The zero-order valence-electron chi connectivity index (χ0n) is 12.7. The fraction of sp³-hybridized carbons (Fsp3) is 0.222. The maximum atomic E-state index is 12.8. The topological polar surface area (TPSA) is 55.5 Å². The predicted octanol–water partition coefficient (Wildman–Crippen LogP) is 2.57. The Morgan fingerprint density at radius 3 is 2.78 bits per heavy atom. The van der Waals surface area contributed by atoms with Crippen LogP contribution < -0.4 is 10.7 Å². The Kier molecular flexibility index (Phi) is 3.08. The number of nitrogens with zero attached hydrogens (tertiary/aromatic N) is 2. The fourth-order valence-electron chi connectivity index (χ4n) is 3.32. The third-order valence-corrected chi connectivity index (χ3v) is 4.34. The average molecular weight is 308 g/mol. The van der Waals surface area contributed by atoms with E-state index < -0.39 is 5.76 Å². The summed E-state index contributed by atoms with van der Waals surface area (Å²) >= 11 is 0. The Balaban J connectivity index is 1.70. The number of rotatable bonds is 2. The Morgan fingerprint density at radius 1 is 1.17 bits per heavy atom. The van der Waals surface area contributed by atoms with E-state index in [-0.39, 0.29) is 18.5 Å². The highest BCUT2D eigenvalue weighted by atomic mass is 16.4. The van der Waals surface area contributed by atoms with E-state index in [1.54, 1.807) is 23.1 Å². The molecule has 0 N–H and O–H groups in total. The van der Waals surface area contributed by atoms with E-state index in [4.69, 9.17) is 4.42 Å². The summed E-state index contributed by atoms with van der Waals surface area (Å²) in [5.74, 6) is -0.601. The molecule has 5 heteroatoms. The van der Waals surface area contributed by atoms with Gasteiger partial charge in [0.1, 0.15) is 6.54 Å². The molecular formula is C18H16N2O3. The number of benzene rings is 2. The van der Waals surface area contributed by atoms with Gasteiger partial charge in [0.15, 0.2) is 5.58 Å². The lowest BCUT2D eigenvalue weighted by atomic mass is 10.1. The summed E-state index contributed by atoms with van der Waals surface area (Å²) < 4.78 is 6.59. The number of oxazole rings is 1. The van der Waals surface area contributed by atoms with Gasteiger partial charge in [-0.05, 0) is 37.1 Å². The number of amides is 1. The summed E-state index contributed by atoms with van der Waals surface area (Å²) in [6, 6.07) is 15.1. The van der Waals surface area contributed by atoms with Crippen molar-refractivity contribution in [2.45, 2.75) is 25.9 Å². The Labute approximate surface area is 132 Å². The van der Waals surface area contributed by atoms with Crippen molar-refractivity contribution in [2.24, 2.45) is 0 Å². The van der Waals surface area contributed by atoms with Crippen molar-refractivity contribution in [1.82, 2.24) is 4.57 Å². The van der Waals surface area contributed by atoms with Crippen molar-refractivity contribution in [3.05, 3.63) is 64.6 Å². The van der Waals surface area contributed by atoms with Gasteiger partial charge >= 0.3 is 5.76 Å². The summed E-state index contributed by atoms with van der Waals surface area (Å²) in [6.07, 6.45) is 0.836. The van der Waals surface area contributed by atoms with Crippen LogP contribution in [0.25, 0.3) is 11.1 Å². The third kappa shape index (κ3) is 2.16. The van der Waals surface area contributed by atoms with E-state index in [1.807, 2.05) is 37.3 Å². The molecule has 0 bridgehead atoms. The van der Waals surface area contributed by atoms with Crippen LogP contribution in [0.1, 0.15) is 12.5 Å². The Hall–Kier alpha value is -2.82. The average Bonchev–Trinajstić information content (AvgIpc) is 3.04. The van der Waals surface area contributed by atoms with Gasteiger partial charge in [-0.25, -0.2) is 4.79 Å².